The molecule has 0 bridgehead atoms. The summed E-state index contributed by atoms with van der Waals surface area (Å²) in [5.41, 5.74) is 8.00. The van der Waals surface area contributed by atoms with Crippen LogP contribution >= 0.6 is 0 Å². The lowest BCUT2D eigenvalue weighted by atomic mass is 9.40. The second-order valence-electron chi connectivity index (χ2n) is 20.4. The molecule has 9 fully saturated rings. The molecule has 0 aliphatic heterocycles. The lowest BCUT2D eigenvalue weighted by Gasteiger charge is -2.65. The highest BCUT2D eigenvalue weighted by Crippen LogP contribution is 2.77. The van der Waals surface area contributed by atoms with Crippen LogP contribution in [-0.4, -0.2) is 0 Å². The van der Waals surface area contributed by atoms with Gasteiger partial charge in [0.2, 0.25) is 0 Å². The van der Waals surface area contributed by atoms with E-state index >= 15 is 0 Å². The molecule has 0 nitrogen and oxygen atoms in total. The maximum atomic E-state index is 2.67. The molecule has 0 heterocycles. The van der Waals surface area contributed by atoms with Gasteiger partial charge in [-0.25, -0.2) is 0 Å². The largest absolute Gasteiger partial charge is 0.0622 e. The van der Waals surface area contributed by atoms with Crippen LogP contribution in [0, 0.1) is 102 Å². The topological polar surface area (TPSA) is 0 Å². The summed E-state index contributed by atoms with van der Waals surface area (Å²) < 4.78 is 0. The molecule has 12 rings (SSSR count). The number of fused-ring (bicyclic) bond motifs is 6. The summed E-state index contributed by atoms with van der Waals surface area (Å²) in [5.74, 6) is 17.7. The highest BCUT2D eigenvalue weighted by molar-refractivity contribution is 5.68. The molecular weight excluding hydrogens is 613 g/mol. The Labute approximate surface area is 309 Å². The summed E-state index contributed by atoms with van der Waals surface area (Å²) in [4.78, 5) is 0. The Bertz CT molecular complexity index is 1740. The van der Waals surface area contributed by atoms with E-state index in [0.717, 1.165) is 107 Å². The highest BCUT2D eigenvalue weighted by atomic mass is 14.7. The smallest absolute Gasteiger partial charge is 0.00905 e. The molecule has 9 aliphatic rings. The van der Waals surface area contributed by atoms with Gasteiger partial charge in [-0.1, -0.05) is 97.3 Å². The monoisotopic (exact) mass is 674 g/mol. The molecule has 0 N–H and O–H groups in total. The van der Waals surface area contributed by atoms with Crippen molar-refractivity contribution in [3.05, 3.63) is 95.6 Å². The lowest BCUT2D eigenvalue weighted by Crippen LogP contribution is -2.59. The van der Waals surface area contributed by atoms with Crippen molar-refractivity contribution in [1.82, 2.24) is 0 Å². The van der Waals surface area contributed by atoms with Crippen molar-refractivity contribution in [3.8, 4) is 11.1 Å². The van der Waals surface area contributed by atoms with Gasteiger partial charge in [-0.3, -0.25) is 0 Å². The molecule has 51 heavy (non-hydrogen) atoms. The molecule has 0 amide bonds. The Balaban J connectivity index is 1.02. The zero-order chi connectivity index (χ0) is 33.4. The molecule has 0 radical (unpaired) electrons. The maximum Gasteiger partial charge on any atom is -0.00905 e. The number of rotatable bonds is 3. The van der Waals surface area contributed by atoms with Crippen LogP contribution in [0.5, 0.6) is 0 Å². The van der Waals surface area contributed by atoms with Gasteiger partial charge in [-0.05, 0) is 213 Å². The van der Waals surface area contributed by atoms with Crippen LogP contribution in [0.1, 0.15) is 118 Å². The van der Waals surface area contributed by atoms with E-state index in [2.05, 4.69) is 85.8 Å². The summed E-state index contributed by atoms with van der Waals surface area (Å²) >= 11 is 0. The Kier molecular flexibility index (Phi) is 7.20. The normalized spacial score (nSPS) is 48.6. The molecule has 3 aromatic carbocycles. The lowest BCUT2D eigenvalue weighted by molar-refractivity contribution is -0.169. The Morgan fingerprint density at radius 2 is 0.922 bits per heavy atom. The van der Waals surface area contributed by atoms with Gasteiger partial charge in [-0.2, -0.15) is 0 Å². The van der Waals surface area contributed by atoms with Gasteiger partial charge in [0.1, 0.15) is 0 Å². The summed E-state index contributed by atoms with van der Waals surface area (Å²) in [6.45, 7) is 2.37. The van der Waals surface area contributed by atoms with E-state index in [0.29, 0.717) is 0 Å². The first-order chi connectivity index (χ1) is 25.2. The van der Waals surface area contributed by atoms with E-state index < -0.39 is 0 Å². The van der Waals surface area contributed by atoms with Crippen molar-refractivity contribution < 1.29 is 0 Å². The zero-order valence-electron chi connectivity index (χ0n) is 31.3. The minimum absolute atomic E-state index is 0.726. The van der Waals surface area contributed by atoms with Crippen molar-refractivity contribution in [2.45, 2.75) is 109 Å². The molecule has 9 aliphatic carbocycles. The van der Waals surface area contributed by atoms with Gasteiger partial charge in [0, 0.05) is 0 Å². The van der Waals surface area contributed by atoms with Crippen molar-refractivity contribution in [1.29, 1.82) is 0 Å². The Morgan fingerprint density at radius 1 is 0.392 bits per heavy atom. The van der Waals surface area contributed by atoms with Gasteiger partial charge in [0.15, 0.2) is 0 Å². The van der Waals surface area contributed by atoms with Crippen LogP contribution in [0.15, 0.2) is 78.9 Å². The molecule has 0 aromatic heterocycles. The van der Waals surface area contributed by atoms with Gasteiger partial charge in [0.25, 0.3) is 0 Å². The molecule has 0 spiro atoms. The SMILES string of the molecule is Cc1cccc(C2C3CCCCC3C(c3ccccc3-c3ccccc3)C3C4CCC5C6CCC7CCC8CCC(C9CCC(C4C95)C23)C6C87)c1. The van der Waals surface area contributed by atoms with Gasteiger partial charge in [0.05, 0.1) is 0 Å². The predicted molar refractivity (Wildman–Crippen MR) is 209 cm³/mol. The van der Waals surface area contributed by atoms with E-state index in [1.54, 1.807) is 80.9 Å². The Morgan fingerprint density at radius 3 is 1.61 bits per heavy atom. The summed E-state index contributed by atoms with van der Waals surface area (Å²) in [6, 6.07) is 31.6. The average molecular weight is 675 g/mol. The second kappa shape index (κ2) is 11.8. The molecular formula is C51H62. The van der Waals surface area contributed by atoms with Crippen LogP contribution in [0.4, 0.5) is 0 Å². The molecule has 0 saturated heterocycles. The summed E-state index contributed by atoms with van der Waals surface area (Å²) in [5, 5.41) is 0. The number of hydrogen-bond donors (Lipinski definition) is 0. The van der Waals surface area contributed by atoms with E-state index in [1.165, 1.54) is 36.8 Å². The van der Waals surface area contributed by atoms with E-state index in [-0.39, 0.29) is 0 Å². The quantitative estimate of drug-likeness (QED) is 0.259. The average Bonchev–Trinajstić information content (AvgIpc) is 3.76. The van der Waals surface area contributed by atoms with Gasteiger partial charge >= 0.3 is 0 Å². The molecule has 0 heteroatoms. The summed E-state index contributed by atoms with van der Waals surface area (Å²) in [6.07, 6.45) is 21.7. The van der Waals surface area contributed by atoms with Crippen LogP contribution < -0.4 is 0 Å². The number of hydrogen-bond acceptors (Lipinski definition) is 0. The first-order valence-electron chi connectivity index (χ1n) is 22.5. The standard InChI is InChI=1S/C51H62/c1-29-10-9-13-33(28-29)45-36-16-7-8-17-37(36)48(35-15-6-5-14-34(35)30-11-3-2-4-12-30)51-43-27-25-41-39-23-21-32-19-18-31-20-22-38(46(39)44(31)32)40-24-26-42(50(45)51)49(43)47(40)41/h2-6,9-15,28,31-32,36-51H,7-8,16-27H2,1H3. The van der Waals surface area contributed by atoms with Gasteiger partial charge in [-0.15, -0.1) is 0 Å². The first-order valence-corrected chi connectivity index (χ1v) is 22.5. The number of aryl methyl sites for hydroxylation is 1. The van der Waals surface area contributed by atoms with E-state index in [1.807, 2.05) is 0 Å². The van der Waals surface area contributed by atoms with Crippen LogP contribution in [-0.2, 0) is 0 Å². The van der Waals surface area contributed by atoms with E-state index in [4.69, 9.17) is 0 Å². The Hall–Kier alpha value is -2.34. The minimum Gasteiger partial charge on any atom is -0.0622 e. The highest BCUT2D eigenvalue weighted by Gasteiger charge is 2.70. The number of benzene rings is 3. The third-order valence-corrected chi connectivity index (χ3v) is 19.3. The predicted octanol–water partition coefficient (Wildman–Crippen LogP) is 13.0. The van der Waals surface area contributed by atoms with Crippen LogP contribution in [0.25, 0.3) is 11.1 Å². The van der Waals surface area contributed by atoms with Crippen molar-refractivity contribution >= 4 is 0 Å². The fraction of sp³-hybridized carbons (Fsp3) is 0.647. The zero-order valence-corrected chi connectivity index (χ0v) is 31.3. The van der Waals surface area contributed by atoms with Gasteiger partial charge < -0.3 is 0 Å². The fourth-order valence-electron chi connectivity index (χ4n) is 18.5. The van der Waals surface area contributed by atoms with Crippen LogP contribution in [0.3, 0.4) is 0 Å². The maximum absolute atomic E-state index is 2.67. The second-order valence-corrected chi connectivity index (χ2v) is 20.4. The summed E-state index contributed by atoms with van der Waals surface area (Å²) in [7, 11) is 0. The third-order valence-electron chi connectivity index (χ3n) is 19.3. The van der Waals surface area contributed by atoms with Crippen molar-refractivity contribution in [2.24, 2.45) is 94.7 Å². The molecule has 9 saturated carbocycles. The van der Waals surface area contributed by atoms with Crippen molar-refractivity contribution in [2.75, 3.05) is 0 Å². The van der Waals surface area contributed by atoms with Crippen LogP contribution in [0.2, 0.25) is 0 Å². The molecule has 18 unspecified atom stereocenters. The fourth-order valence-corrected chi connectivity index (χ4v) is 18.5. The molecule has 3 aromatic rings. The third kappa shape index (κ3) is 4.38. The van der Waals surface area contributed by atoms with Crippen molar-refractivity contribution in [3.63, 3.8) is 0 Å². The minimum atomic E-state index is 0.726. The van der Waals surface area contributed by atoms with E-state index in [9.17, 15) is 0 Å². The molecule has 18 atom stereocenters. The molecule has 266 valence electrons. The first kappa shape index (κ1) is 31.1.